The molecule has 0 aliphatic heterocycles. The summed E-state index contributed by atoms with van der Waals surface area (Å²) in [5.74, 6) is 0.905. The predicted octanol–water partition coefficient (Wildman–Crippen LogP) is 7.01. The normalized spacial score (nSPS) is 11.7. The van der Waals surface area contributed by atoms with Gasteiger partial charge in [0.25, 0.3) is 0 Å². The van der Waals surface area contributed by atoms with Gasteiger partial charge in [0.15, 0.2) is 0 Å². The first-order chi connectivity index (χ1) is 13.9. The molecule has 3 aromatic rings. The molecule has 3 rings (SSSR count). The van der Waals surface area contributed by atoms with Gasteiger partial charge in [-0.05, 0) is 34.6 Å². The van der Waals surface area contributed by atoms with Crippen LogP contribution in [0.15, 0.2) is 78.9 Å². The van der Waals surface area contributed by atoms with Crippen molar-refractivity contribution in [3.8, 4) is 16.9 Å². The van der Waals surface area contributed by atoms with Gasteiger partial charge < -0.3 is 9.84 Å². The van der Waals surface area contributed by atoms with E-state index >= 15 is 0 Å². The minimum Gasteiger partial charge on any atom is -0.449 e. The maximum atomic E-state index is 11.4. The number of hydrogen-bond acceptors (Lipinski definition) is 2. The Morgan fingerprint density at radius 3 is 1.86 bits per heavy atom. The highest BCUT2D eigenvalue weighted by Gasteiger charge is 2.42. The fourth-order valence-corrected chi connectivity index (χ4v) is 4.78. The van der Waals surface area contributed by atoms with Crippen molar-refractivity contribution < 1.29 is 14.6 Å². The number of rotatable bonds is 6. The minimum atomic E-state index is -1.31. The molecule has 0 aliphatic rings. The van der Waals surface area contributed by atoms with E-state index in [9.17, 15) is 9.90 Å². The van der Waals surface area contributed by atoms with Crippen LogP contribution in [0.2, 0.25) is 0 Å². The summed E-state index contributed by atoms with van der Waals surface area (Å²) in [6, 6.07) is 26.1. The SMILES string of the molecule is CC(C)C(c1ccccc1)(c1cccc(OC(=O)O)c1-c1ccccc1)C(C)C. The molecule has 3 aromatic carbocycles. The summed E-state index contributed by atoms with van der Waals surface area (Å²) in [5.41, 5.74) is 3.76. The van der Waals surface area contributed by atoms with Gasteiger partial charge in [0, 0.05) is 11.0 Å². The number of carbonyl (C=O) groups is 1. The summed E-state index contributed by atoms with van der Waals surface area (Å²) in [6.45, 7) is 8.91. The lowest BCUT2D eigenvalue weighted by Gasteiger charge is -2.44. The van der Waals surface area contributed by atoms with Crippen LogP contribution in [0, 0.1) is 11.8 Å². The van der Waals surface area contributed by atoms with E-state index in [0.29, 0.717) is 5.75 Å². The van der Waals surface area contributed by atoms with Crippen molar-refractivity contribution in [1.82, 2.24) is 0 Å². The summed E-state index contributed by atoms with van der Waals surface area (Å²) in [5, 5.41) is 9.35. The lowest BCUT2D eigenvalue weighted by Crippen LogP contribution is -2.39. The second-order valence-corrected chi connectivity index (χ2v) is 7.96. The molecule has 0 heterocycles. The summed E-state index contributed by atoms with van der Waals surface area (Å²) >= 11 is 0. The van der Waals surface area contributed by atoms with Crippen molar-refractivity contribution in [3.05, 3.63) is 90.0 Å². The average molecular weight is 389 g/mol. The Hall–Kier alpha value is -3.07. The molecule has 3 nitrogen and oxygen atoms in total. The highest BCUT2D eigenvalue weighted by Crippen LogP contribution is 2.50. The molecule has 3 heteroatoms. The van der Waals surface area contributed by atoms with Crippen LogP contribution in [-0.2, 0) is 5.41 Å². The molecule has 0 unspecified atom stereocenters. The summed E-state index contributed by atoms with van der Waals surface area (Å²) < 4.78 is 5.25. The molecule has 0 aliphatic carbocycles. The quantitative estimate of drug-likeness (QED) is 0.365. The molecular formula is C26H28O3. The number of carboxylic acid groups (broad SMARTS) is 1. The van der Waals surface area contributed by atoms with Crippen LogP contribution >= 0.6 is 0 Å². The Kier molecular flexibility index (Phi) is 6.07. The van der Waals surface area contributed by atoms with Crippen molar-refractivity contribution in [1.29, 1.82) is 0 Å². The van der Waals surface area contributed by atoms with E-state index in [0.717, 1.165) is 16.7 Å². The third-order valence-corrected chi connectivity index (χ3v) is 5.80. The first kappa shape index (κ1) is 20.7. The van der Waals surface area contributed by atoms with E-state index in [-0.39, 0.29) is 17.3 Å². The Morgan fingerprint density at radius 2 is 1.34 bits per heavy atom. The van der Waals surface area contributed by atoms with Gasteiger partial charge in [0.2, 0.25) is 0 Å². The van der Waals surface area contributed by atoms with Gasteiger partial charge in [-0.25, -0.2) is 4.79 Å². The van der Waals surface area contributed by atoms with Crippen LogP contribution in [0.3, 0.4) is 0 Å². The average Bonchev–Trinajstić information content (AvgIpc) is 2.69. The molecule has 0 atom stereocenters. The molecule has 29 heavy (non-hydrogen) atoms. The topological polar surface area (TPSA) is 46.5 Å². The van der Waals surface area contributed by atoms with Crippen molar-refractivity contribution in [2.45, 2.75) is 33.1 Å². The van der Waals surface area contributed by atoms with Gasteiger partial charge in [-0.2, -0.15) is 0 Å². The monoisotopic (exact) mass is 388 g/mol. The second kappa shape index (κ2) is 8.52. The molecule has 1 N–H and O–H groups in total. The first-order valence-electron chi connectivity index (χ1n) is 10.0. The zero-order valence-corrected chi connectivity index (χ0v) is 17.4. The van der Waals surface area contributed by atoms with Gasteiger partial charge in [0.1, 0.15) is 5.75 Å². The molecule has 0 fully saturated rings. The number of ether oxygens (including phenoxy) is 1. The third-order valence-electron chi connectivity index (χ3n) is 5.80. The van der Waals surface area contributed by atoms with Crippen LogP contribution in [0.5, 0.6) is 5.75 Å². The molecule has 0 saturated heterocycles. The van der Waals surface area contributed by atoms with Crippen molar-refractivity contribution in [3.63, 3.8) is 0 Å². The van der Waals surface area contributed by atoms with Gasteiger partial charge in [0.05, 0.1) is 0 Å². The summed E-state index contributed by atoms with van der Waals surface area (Å²) in [7, 11) is 0. The molecule has 0 spiro atoms. The largest absolute Gasteiger partial charge is 0.511 e. The van der Waals surface area contributed by atoms with E-state index < -0.39 is 6.16 Å². The maximum absolute atomic E-state index is 11.4. The van der Waals surface area contributed by atoms with Crippen LogP contribution in [0.25, 0.3) is 11.1 Å². The number of hydrogen-bond donors (Lipinski definition) is 1. The van der Waals surface area contributed by atoms with E-state index in [2.05, 4.69) is 58.0 Å². The van der Waals surface area contributed by atoms with Gasteiger partial charge in [-0.3, -0.25) is 0 Å². The van der Waals surface area contributed by atoms with E-state index in [1.54, 1.807) is 6.07 Å². The summed E-state index contributed by atoms with van der Waals surface area (Å²) in [6.07, 6.45) is -1.31. The molecule has 0 bridgehead atoms. The van der Waals surface area contributed by atoms with Crippen molar-refractivity contribution in [2.75, 3.05) is 0 Å². The first-order valence-corrected chi connectivity index (χ1v) is 10.0. The van der Waals surface area contributed by atoms with Crippen LogP contribution in [0.1, 0.15) is 38.8 Å². The number of benzene rings is 3. The van der Waals surface area contributed by atoms with E-state index in [4.69, 9.17) is 4.74 Å². The highest BCUT2D eigenvalue weighted by atomic mass is 16.7. The maximum Gasteiger partial charge on any atom is 0.511 e. The molecular weight excluding hydrogens is 360 g/mol. The predicted molar refractivity (Wildman–Crippen MR) is 117 cm³/mol. The molecule has 0 radical (unpaired) electrons. The Balaban J connectivity index is 2.42. The van der Waals surface area contributed by atoms with Crippen LogP contribution < -0.4 is 4.74 Å². The lowest BCUT2D eigenvalue weighted by atomic mass is 9.59. The Morgan fingerprint density at radius 1 is 0.793 bits per heavy atom. The van der Waals surface area contributed by atoms with Crippen molar-refractivity contribution >= 4 is 6.16 Å². The van der Waals surface area contributed by atoms with Crippen LogP contribution in [-0.4, -0.2) is 11.3 Å². The van der Waals surface area contributed by atoms with E-state index in [1.165, 1.54) is 5.56 Å². The molecule has 0 aromatic heterocycles. The highest BCUT2D eigenvalue weighted by molar-refractivity contribution is 5.79. The second-order valence-electron chi connectivity index (χ2n) is 7.96. The fraction of sp³-hybridized carbons (Fsp3) is 0.269. The third kappa shape index (κ3) is 3.77. The van der Waals surface area contributed by atoms with Crippen LogP contribution in [0.4, 0.5) is 4.79 Å². The molecule has 0 saturated carbocycles. The Labute approximate surface area is 173 Å². The van der Waals surface area contributed by atoms with Crippen molar-refractivity contribution in [2.24, 2.45) is 11.8 Å². The Bertz CT molecular complexity index is 952. The molecule has 0 amide bonds. The standard InChI is InChI=1S/C26H28O3/c1-18(2)26(19(3)4,21-14-9-6-10-15-21)22-16-11-17-23(29-25(27)28)24(22)20-12-7-5-8-13-20/h5-19H,1-4H3,(H,27,28). The zero-order chi connectivity index (χ0) is 21.0. The fourth-order valence-electron chi connectivity index (χ4n) is 4.78. The lowest BCUT2D eigenvalue weighted by molar-refractivity contribution is 0.144. The van der Waals surface area contributed by atoms with Gasteiger partial charge in [-0.1, -0.05) is 100 Å². The minimum absolute atomic E-state index is 0.271. The zero-order valence-electron chi connectivity index (χ0n) is 17.4. The van der Waals surface area contributed by atoms with Gasteiger partial charge >= 0.3 is 6.16 Å². The van der Waals surface area contributed by atoms with E-state index in [1.807, 2.05) is 42.5 Å². The summed E-state index contributed by atoms with van der Waals surface area (Å²) in [4.78, 5) is 11.4. The smallest absolute Gasteiger partial charge is 0.449 e. The van der Waals surface area contributed by atoms with Gasteiger partial charge in [-0.15, -0.1) is 0 Å². The molecule has 150 valence electrons.